The van der Waals surface area contributed by atoms with Gasteiger partial charge >= 0.3 is 0 Å². The second kappa shape index (κ2) is 9.18. The highest BCUT2D eigenvalue weighted by atomic mass is 14.7. The summed E-state index contributed by atoms with van der Waals surface area (Å²) in [6.07, 6.45) is 3.57. The number of allylic oxidation sites excluding steroid dienone is 1. The van der Waals surface area contributed by atoms with Crippen LogP contribution in [0.2, 0.25) is 0 Å². The normalized spacial score (nSPS) is 11.2. The molecule has 0 radical (unpaired) electrons. The van der Waals surface area contributed by atoms with Gasteiger partial charge in [-0.3, -0.25) is 9.98 Å². The number of aliphatic imine (C=N–C) groups is 2. The van der Waals surface area contributed by atoms with E-state index < -0.39 is 0 Å². The van der Waals surface area contributed by atoms with E-state index in [-0.39, 0.29) is 0 Å². The number of benzene rings is 3. The van der Waals surface area contributed by atoms with Crippen LogP contribution in [0.3, 0.4) is 0 Å². The molecule has 0 aliphatic heterocycles. The maximum atomic E-state index is 4.65. The van der Waals surface area contributed by atoms with E-state index in [1.807, 2.05) is 60.8 Å². The molecule has 24 heavy (non-hydrogen) atoms. The van der Waals surface area contributed by atoms with Crippen molar-refractivity contribution in [2.45, 2.75) is 0 Å². The summed E-state index contributed by atoms with van der Waals surface area (Å²) in [5.41, 5.74) is 7.45. The first-order valence-corrected chi connectivity index (χ1v) is 7.69. The molecule has 3 aromatic rings. The zero-order valence-corrected chi connectivity index (χ0v) is 13.8. The SMILES string of the molecule is C=N/C=C(\C=Nc1cccc2ccccc12)c1ccccc1.CN. The monoisotopic (exact) mass is 315 g/mol. The smallest absolute Gasteiger partial charge is 0.0708 e. The van der Waals surface area contributed by atoms with Crippen LogP contribution in [0.15, 0.2) is 89.0 Å². The highest BCUT2D eigenvalue weighted by Gasteiger charge is 2.00. The molecular formula is C21H21N3. The van der Waals surface area contributed by atoms with Gasteiger partial charge in [0.1, 0.15) is 0 Å². The van der Waals surface area contributed by atoms with Crippen molar-refractivity contribution in [3.8, 4) is 0 Å². The van der Waals surface area contributed by atoms with E-state index in [4.69, 9.17) is 0 Å². The van der Waals surface area contributed by atoms with Crippen LogP contribution >= 0.6 is 0 Å². The summed E-state index contributed by atoms with van der Waals surface area (Å²) < 4.78 is 0. The maximum absolute atomic E-state index is 4.65. The van der Waals surface area contributed by atoms with Gasteiger partial charge in [-0.05, 0) is 30.8 Å². The Labute approximate surface area is 142 Å². The topological polar surface area (TPSA) is 50.7 Å². The van der Waals surface area contributed by atoms with Crippen molar-refractivity contribution in [3.63, 3.8) is 0 Å². The third-order valence-corrected chi connectivity index (χ3v) is 3.45. The molecule has 120 valence electrons. The lowest BCUT2D eigenvalue weighted by molar-refractivity contribution is 1.48. The number of nitrogens with two attached hydrogens (primary N) is 1. The number of nitrogens with zero attached hydrogens (tertiary/aromatic N) is 2. The second-order valence-electron chi connectivity index (χ2n) is 4.89. The highest BCUT2D eigenvalue weighted by molar-refractivity contribution is 6.11. The van der Waals surface area contributed by atoms with Crippen LogP contribution in [0.5, 0.6) is 0 Å². The van der Waals surface area contributed by atoms with Gasteiger partial charge < -0.3 is 5.73 Å². The van der Waals surface area contributed by atoms with Gasteiger partial charge in [0.15, 0.2) is 0 Å². The van der Waals surface area contributed by atoms with Crippen LogP contribution in [0.4, 0.5) is 5.69 Å². The van der Waals surface area contributed by atoms with Gasteiger partial charge in [-0.2, -0.15) is 0 Å². The lowest BCUT2D eigenvalue weighted by atomic mass is 10.1. The molecule has 0 amide bonds. The van der Waals surface area contributed by atoms with E-state index in [1.54, 1.807) is 6.20 Å². The van der Waals surface area contributed by atoms with E-state index in [0.717, 1.165) is 22.2 Å². The molecule has 3 rings (SSSR count). The van der Waals surface area contributed by atoms with E-state index in [1.165, 1.54) is 12.4 Å². The van der Waals surface area contributed by atoms with Gasteiger partial charge in [-0.15, -0.1) is 0 Å². The molecule has 0 atom stereocenters. The fourth-order valence-corrected chi connectivity index (χ4v) is 2.37. The predicted octanol–water partition coefficient (Wildman–Crippen LogP) is 4.86. The minimum absolute atomic E-state index is 0.934. The Morgan fingerprint density at radius 1 is 0.875 bits per heavy atom. The summed E-state index contributed by atoms with van der Waals surface area (Å²) in [7, 11) is 1.50. The Morgan fingerprint density at radius 2 is 1.54 bits per heavy atom. The number of rotatable bonds is 4. The molecule has 3 aromatic carbocycles. The fourth-order valence-electron chi connectivity index (χ4n) is 2.37. The zero-order valence-electron chi connectivity index (χ0n) is 13.8. The number of hydrogen-bond donors (Lipinski definition) is 1. The molecular weight excluding hydrogens is 294 g/mol. The summed E-state index contributed by atoms with van der Waals surface area (Å²) in [5, 5.41) is 2.32. The third kappa shape index (κ3) is 4.24. The Balaban J connectivity index is 0.00000100. The van der Waals surface area contributed by atoms with Gasteiger partial charge in [0.25, 0.3) is 0 Å². The first-order chi connectivity index (χ1) is 11.9. The molecule has 0 spiro atoms. The van der Waals surface area contributed by atoms with Crippen molar-refractivity contribution < 1.29 is 0 Å². The van der Waals surface area contributed by atoms with E-state index in [0.29, 0.717) is 0 Å². The summed E-state index contributed by atoms with van der Waals surface area (Å²) in [6.45, 7) is 3.54. The van der Waals surface area contributed by atoms with Gasteiger partial charge in [-0.1, -0.05) is 66.7 Å². The standard InChI is InChI=1S/C20H16N2.CH5N/c1-21-14-18(16-8-3-2-4-9-16)15-22-20-13-7-11-17-10-5-6-12-19(17)20;1-2/h2-15H,1H2;2H2,1H3/b18-14+,22-15?;. The highest BCUT2D eigenvalue weighted by Crippen LogP contribution is 2.26. The average Bonchev–Trinajstić information content (AvgIpc) is 2.67. The molecule has 0 heterocycles. The molecule has 0 fully saturated rings. The van der Waals surface area contributed by atoms with Crippen LogP contribution in [0.25, 0.3) is 16.3 Å². The second-order valence-corrected chi connectivity index (χ2v) is 4.89. The first kappa shape index (κ1) is 17.3. The van der Waals surface area contributed by atoms with Gasteiger partial charge in [0.2, 0.25) is 0 Å². The van der Waals surface area contributed by atoms with E-state index >= 15 is 0 Å². The number of hydrogen-bond acceptors (Lipinski definition) is 3. The summed E-state index contributed by atoms with van der Waals surface area (Å²) in [6, 6.07) is 24.4. The minimum atomic E-state index is 0.934. The summed E-state index contributed by atoms with van der Waals surface area (Å²) >= 11 is 0. The quantitative estimate of drug-likeness (QED) is 0.687. The van der Waals surface area contributed by atoms with Crippen molar-refractivity contribution in [1.29, 1.82) is 0 Å². The third-order valence-electron chi connectivity index (χ3n) is 3.45. The molecule has 0 bridgehead atoms. The van der Waals surface area contributed by atoms with Crippen LogP contribution in [-0.4, -0.2) is 20.0 Å². The minimum Gasteiger partial charge on any atom is -0.333 e. The van der Waals surface area contributed by atoms with Gasteiger partial charge in [0, 0.05) is 23.4 Å². The van der Waals surface area contributed by atoms with E-state index in [9.17, 15) is 0 Å². The van der Waals surface area contributed by atoms with Crippen molar-refractivity contribution >= 4 is 35.0 Å². The molecule has 2 N–H and O–H groups in total. The molecule has 3 heteroatoms. The molecule has 0 aromatic heterocycles. The molecule has 0 saturated heterocycles. The lowest BCUT2D eigenvalue weighted by Crippen LogP contribution is -1.85. The maximum Gasteiger partial charge on any atom is 0.0708 e. The lowest BCUT2D eigenvalue weighted by Gasteiger charge is -2.03. The van der Waals surface area contributed by atoms with Crippen molar-refractivity contribution in [2.24, 2.45) is 15.7 Å². The fraction of sp³-hybridized carbons (Fsp3) is 0.0476. The van der Waals surface area contributed by atoms with Gasteiger partial charge in [-0.25, -0.2) is 0 Å². The summed E-state index contributed by atoms with van der Waals surface area (Å²) in [4.78, 5) is 8.53. The zero-order chi connectivity index (χ0) is 17.2. The van der Waals surface area contributed by atoms with Crippen LogP contribution < -0.4 is 5.73 Å². The first-order valence-electron chi connectivity index (χ1n) is 7.69. The van der Waals surface area contributed by atoms with Crippen molar-refractivity contribution in [1.82, 2.24) is 0 Å². The van der Waals surface area contributed by atoms with Crippen LogP contribution in [0, 0.1) is 0 Å². The average molecular weight is 315 g/mol. The Bertz CT molecular complexity index is 844. The van der Waals surface area contributed by atoms with Crippen LogP contribution in [0.1, 0.15) is 5.56 Å². The summed E-state index contributed by atoms with van der Waals surface area (Å²) in [5.74, 6) is 0. The Hall–Kier alpha value is -3.04. The molecule has 0 saturated carbocycles. The Kier molecular flexibility index (Phi) is 6.62. The van der Waals surface area contributed by atoms with Crippen molar-refractivity contribution in [2.75, 3.05) is 7.05 Å². The molecule has 0 aliphatic rings. The number of fused-ring (bicyclic) bond motifs is 1. The molecule has 0 aliphatic carbocycles. The van der Waals surface area contributed by atoms with Crippen LogP contribution in [-0.2, 0) is 0 Å². The Morgan fingerprint density at radius 3 is 2.29 bits per heavy atom. The van der Waals surface area contributed by atoms with Gasteiger partial charge in [0.05, 0.1) is 5.69 Å². The van der Waals surface area contributed by atoms with E-state index in [2.05, 4.69) is 40.6 Å². The largest absolute Gasteiger partial charge is 0.333 e. The van der Waals surface area contributed by atoms with Crippen molar-refractivity contribution in [3.05, 3.63) is 84.6 Å². The predicted molar refractivity (Wildman–Crippen MR) is 106 cm³/mol. The molecule has 3 nitrogen and oxygen atoms in total. The molecule has 0 unspecified atom stereocenters.